The lowest BCUT2D eigenvalue weighted by molar-refractivity contribution is -0.148. The number of hydrogen-bond donors (Lipinski definition) is 1. The molecule has 2 aliphatic rings. The van der Waals surface area contributed by atoms with Crippen molar-refractivity contribution in [2.45, 2.75) is 25.7 Å². The molecule has 1 fully saturated rings. The summed E-state index contributed by atoms with van der Waals surface area (Å²) in [5.41, 5.74) is 0.867. The Morgan fingerprint density at radius 3 is 2.61 bits per heavy atom. The summed E-state index contributed by atoms with van der Waals surface area (Å²) in [7, 11) is 0. The zero-order chi connectivity index (χ0) is 12.9. The van der Waals surface area contributed by atoms with E-state index in [0.717, 1.165) is 11.3 Å². The number of carbonyl (C=O) groups is 2. The van der Waals surface area contributed by atoms with Crippen molar-refractivity contribution in [1.82, 2.24) is 0 Å². The minimum atomic E-state index is -1.14. The quantitative estimate of drug-likeness (QED) is 0.811. The first-order chi connectivity index (χ1) is 8.56. The molecule has 1 atom stereocenters. The van der Waals surface area contributed by atoms with E-state index in [1.54, 1.807) is 4.90 Å². The van der Waals surface area contributed by atoms with E-state index in [1.165, 1.54) is 0 Å². The zero-order valence-corrected chi connectivity index (χ0v) is 10.2. The van der Waals surface area contributed by atoms with Gasteiger partial charge in [0.15, 0.2) is 0 Å². The van der Waals surface area contributed by atoms with E-state index in [2.05, 4.69) is 6.92 Å². The summed E-state index contributed by atoms with van der Waals surface area (Å²) >= 11 is 0. The highest BCUT2D eigenvalue weighted by Crippen LogP contribution is 2.50. The molecule has 0 aromatic heterocycles. The molecule has 0 spiro atoms. The van der Waals surface area contributed by atoms with E-state index < -0.39 is 11.4 Å². The number of hydrogen-bond acceptors (Lipinski definition) is 2. The van der Waals surface area contributed by atoms with E-state index in [4.69, 9.17) is 0 Å². The molecule has 1 amide bonds. The van der Waals surface area contributed by atoms with Crippen molar-refractivity contribution >= 4 is 17.6 Å². The number of anilines is 1. The van der Waals surface area contributed by atoms with Gasteiger partial charge in [0.25, 0.3) is 0 Å². The number of nitrogens with zero attached hydrogens (tertiary/aromatic N) is 1. The largest absolute Gasteiger partial charge is 0.480 e. The molecule has 1 heterocycles. The molecule has 0 saturated heterocycles. The Hall–Kier alpha value is -1.84. The number of rotatable bonds is 2. The molecule has 1 aromatic carbocycles. The second-order valence-electron chi connectivity index (χ2n) is 5.26. The van der Waals surface area contributed by atoms with Crippen molar-refractivity contribution in [1.29, 1.82) is 0 Å². The Morgan fingerprint density at radius 2 is 2.00 bits per heavy atom. The van der Waals surface area contributed by atoms with Gasteiger partial charge in [0, 0.05) is 18.2 Å². The molecule has 94 valence electrons. The van der Waals surface area contributed by atoms with Crippen LogP contribution in [0.15, 0.2) is 24.3 Å². The number of aliphatic carboxylic acids is 1. The monoisotopic (exact) mass is 245 g/mol. The first kappa shape index (κ1) is 11.3. The van der Waals surface area contributed by atoms with Crippen molar-refractivity contribution in [3.05, 3.63) is 29.8 Å². The van der Waals surface area contributed by atoms with Crippen molar-refractivity contribution in [2.24, 2.45) is 5.41 Å². The Balaban J connectivity index is 1.96. The third kappa shape index (κ3) is 1.38. The molecule has 3 rings (SSSR count). The summed E-state index contributed by atoms with van der Waals surface area (Å²) in [4.78, 5) is 25.3. The number of amides is 1. The van der Waals surface area contributed by atoms with Crippen molar-refractivity contribution in [2.75, 3.05) is 11.4 Å². The average molecular weight is 245 g/mol. The molecule has 4 heteroatoms. The molecule has 0 radical (unpaired) electrons. The van der Waals surface area contributed by atoms with E-state index in [-0.39, 0.29) is 11.8 Å². The van der Waals surface area contributed by atoms with Crippen LogP contribution in [0, 0.1) is 5.41 Å². The lowest BCUT2D eigenvalue weighted by Gasteiger charge is -2.21. The van der Waals surface area contributed by atoms with Crippen LogP contribution in [0.4, 0.5) is 5.69 Å². The van der Waals surface area contributed by atoms with Crippen LogP contribution in [-0.2, 0) is 9.59 Å². The van der Waals surface area contributed by atoms with Gasteiger partial charge in [0.05, 0.1) is 0 Å². The average Bonchev–Trinajstić information content (AvgIpc) is 3.11. The van der Waals surface area contributed by atoms with Gasteiger partial charge < -0.3 is 10.0 Å². The number of carboxylic acids is 1. The normalized spacial score (nSPS) is 23.6. The SMILES string of the molecule is CC1CN(C(=O)C2(C(=O)O)CC2)c2ccccc21. The molecule has 1 saturated carbocycles. The minimum absolute atomic E-state index is 0.244. The molecule has 1 aromatic rings. The highest BCUT2D eigenvalue weighted by Gasteiger charge is 2.59. The van der Waals surface area contributed by atoms with Crippen LogP contribution in [0.3, 0.4) is 0 Å². The predicted molar refractivity (Wildman–Crippen MR) is 66.5 cm³/mol. The summed E-state index contributed by atoms with van der Waals surface area (Å²) < 4.78 is 0. The smallest absolute Gasteiger partial charge is 0.319 e. The fourth-order valence-electron chi connectivity index (χ4n) is 2.72. The fraction of sp³-hybridized carbons (Fsp3) is 0.429. The van der Waals surface area contributed by atoms with Crippen LogP contribution < -0.4 is 4.90 Å². The molecule has 1 aliphatic heterocycles. The van der Waals surface area contributed by atoms with Gasteiger partial charge >= 0.3 is 5.97 Å². The molecule has 4 nitrogen and oxygen atoms in total. The van der Waals surface area contributed by atoms with Gasteiger partial charge in [-0.15, -0.1) is 0 Å². The van der Waals surface area contributed by atoms with Gasteiger partial charge in [0.1, 0.15) is 5.41 Å². The maximum Gasteiger partial charge on any atom is 0.319 e. The zero-order valence-electron chi connectivity index (χ0n) is 10.2. The van der Waals surface area contributed by atoms with Gasteiger partial charge in [-0.25, -0.2) is 0 Å². The Morgan fingerprint density at radius 1 is 1.33 bits per heavy atom. The Bertz CT molecular complexity index is 534. The van der Waals surface area contributed by atoms with Crippen molar-refractivity contribution in [3.63, 3.8) is 0 Å². The highest BCUT2D eigenvalue weighted by atomic mass is 16.4. The third-order valence-corrected chi connectivity index (χ3v) is 4.03. The Kier molecular flexibility index (Phi) is 2.24. The molecular weight excluding hydrogens is 230 g/mol. The van der Waals surface area contributed by atoms with Gasteiger partial charge in [-0.3, -0.25) is 9.59 Å². The minimum Gasteiger partial charge on any atom is -0.480 e. The van der Waals surface area contributed by atoms with Crippen LogP contribution in [0.2, 0.25) is 0 Å². The van der Waals surface area contributed by atoms with Crippen LogP contribution in [0.25, 0.3) is 0 Å². The molecule has 1 unspecified atom stereocenters. The maximum absolute atomic E-state index is 12.4. The van der Waals surface area contributed by atoms with Gasteiger partial charge in [-0.05, 0) is 24.5 Å². The van der Waals surface area contributed by atoms with Gasteiger partial charge in [-0.1, -0.05) is 25.1 Å². The standard InChI is InChI=1S/C14H15NO3/c1-9-8-15(11-5-3-2-4-10(9)11)12(16)14(6-7-14)13(17)18/h2-5,9H,6-8H2,1H3,(H,17,18). The van der Waals surface area contributed by atoms with Crippen LogP contribution in [0.1, 0.15) is 31.2 Å². The van der Waals surface area contributed by atoms with Crippen LogP contribution in [-0.4, -0.2) is 23.5 Å². The number of carboxylic acid groups (broad SMARTS) is 1. The van der Waals surface area contributed by atoms with Crippen molar-refractivity contribution < 1.29 is 14.7 Å². The number of fused-ring (bicyclic) bond motifs is 1. The first-order valence-electron chi connectivity index (χ1n) is 6.20. The Labute approximate surface area is 105 Å². The second kappa shape index (κ2) is 3.57. The molecule has 1 N–H and O–H groups in total. The number of carbonyl (C=O) groups excluding carboxylic acids is 1. The molecule has 1 aliphatic carbocycles. The summed E-state index contributed by atoms with van der Waals surface area (Å²) in [5, 5.41) is 9.20. The van der Waals surface area contributed by atoms with E-state index in [1.807, 2.05) is 24.3 Å². The molecule has 0 bridgehead atoms. The highest BCUT2D eigenvalue weighted by molar-refractivity contribution is 6.12. The fourth-order valence-corrected chi connectivity index (χ4v) is 2.72. The molecular formula is C14H15NO3. The second-order valence-corrected chi connectivity index (χ2v) is 5.26. The summed E-state index contributed by atoms with van der Waals surface area (Å²) in [6.45, 7) is 2.65. The van der Waals surface area contributed by atoms with Crippen LogP contribution in [0.5, 0.6) is 0 Å². The number of benzene rings is 1. The maximum atomic E-state index is 12.4. The van der Waals surface area contributed by atoms with Crippen LogP contribution >= 0.6 is 0 Å². The lowest BCUT2D eigenvalue weighted by atomic mass is 10.0. The van der Waals surface area contributed by atoms with Gasteiger partial charge in [-0.2, -0.15) is 0 Å². The van der Waals surface area contributed by atoms with E-state index in [0.29, 0.717) is 19.4 Å². The number of para-hydroxylation sites is 1. The molecule has 18 heavy (non-hydrogen) atoms. The summed E-state index contributed by atoms with van der Waals surface area (Å²) in [6.07, 6.45) is 0.933. The van der Waals surface area contributed by atoms with E-state index >= 15 is 0 Å². The summed E-state index contributed by atoms with van der Waals surface area (Å²) in [6, 6.07) is 7.74. The van der Waals surface area contributed by atoms with E-state index in [9.17, 15) is 14.7 Å². The topological polar surface area (TPSA) is 57.6 Å². The lowest BCUT2D eigenvalue weighted by Crippen LogP contribution is -2.40. The summed E-state index contributed by atoms with van der Waals surface area (Å²) in [5.74, 6) is -0.953. The first-order valence-corrected chi connectivity index (χ1v) is 6.20. The van der Waals surface area contributed by atoms with Crippen molar-refractivity contribution in [3.8, 4) is 0 Å². The third-order valence-electron chi connectivity index (χ3n) is 4.03. The predicted octanol–water partition coefficient (Wildman–Crippen LogP) is 2.00. The van der Waals surface area contributed by atoms with Gasteiger partial charge in [0.2, 0.25) is 5.91 Å².